The molecule has 0 unspecified atom stereocenters. The van der Waals surface area contributed by atoms with Crippen LogP contribution in [0.25, 0.3) is 6.08 Å². The Morgan fingerprint density at radius 3 is 2.39 bits per heavy atom. The van der Waals surface area contributed by atoms with Crippen LogP contribution in [0.15, 0.2) is 48.5 Å². The van der Waals surface area contributed by atoms with Crippen molar-refractivity contribution in [2.75, 3.05) is 20.2 Å². The summed E-state index contributed by atoms with van der Waals surface area (Å²) in [6.45, 7) is 1.11. The molecule has 1 aliphatic rings. The summed E-state index contributed by atoms with van der Waals surface area (Å²) in [6, 6.07) is 12.3. The number of amides is 1. The van der Waals surface area contributed by atoms with E-state index in [1.165, 1.54) is 6.08 Å². The lowest BCUT2D eigenvalue weighted by Gasteiger charge is -2.30. The summed E-state index contributed by atoms with van der Waals surface area (Å²) in [5, 5.41) is 1.10. The van der Waals surface area contributed by atoms with Gasteiger partial charge in [0, 0.05) is 40.7 Å². The fourth-order valence-corrected chi connectivity index (χ4v) is 3.62. The van der Waals surface area contributed by atoms with Crippen molar-refractivity contribution < 1.29 is 14.3 Å². The lowest BCUT2D eigenvalue weighted by Crippen LogP contribution is -2.39. The van der Waals surface area contributed by atoms with Gasteiger partial charge in [0.15, 0.2) is 5.78 Å². The molecule has 28 heavy (non-hydrogen) atoms. The Morgan fingerprint density at radius 1 is 1.07 bits per heavy atom. The second kappa shape index (κ2) is 9.26. The first-order valence-electron chi connectivity index (χ1n) is 9.08. The van der Waals surface area contributed by atoms with Crippen LogP contribution in [0.3, 0.4) is 0 Å². The minimum atomic E-state index is -0.0913. The van der Waals surface area contributed by atoms with E-state index in [0.717, 1.165) is 5.75 Å². The first-order chi connectivity index (χ1) is 13.5. The standard InChI is InChI=1S/C22H21Cl2NO3/c1-28-19-6-2-15(3-7-19)22(27)16-10-12-25(13-11-16)21(26)9-4-17-14-18(23)5-8-20(17)24/h2-9,14,16H,10-13H2,1H3/b9-4+. The van der Waals surface area contributed by atoms with Crippen LogP contribution in [0.5, 0.6) is 5.75 Å². The summed E-state index contributed by atoms with van der Waals surface area (Å²) in [6.07, 6.45) is 4.49. The molecule has 0 radical (unpaired) electrons. The van der Waals surface area contributed by atoms with Gasteiger partial charge in [-0.3, -0.25) is 9.59 Å². The third kappa shape index (κ3) is 4.94. The van der Waals surface area contributed by atoms with Crippen molar-refractivity contribution in [3.63, 3.8) is 0 Å². The van der Waals surface area contributed by atoms with Gasteiger partial charge in [0.05, 0.1) is 7.11 Å². The van der Waals surface area contributed by atoms with E-state index in [0.29, 0.717) is 47.1 Å². The highest BCUT2D eigenvalue weighted by atomic mass is 35.5. The fourth-order valence-electron chi connectivity index (χ4n) is 3.26. The highest BCUT2D eigenvalue weighted by Gasteiger charge is 2.27. The van der Waals surface area contributed by atoms with E-state index in [1.807, 2.05) is 0 Å². The number of halogens is 2. The molecular weight excluding hydrogens is 397 g/mol. The van der Waals surface area contributed by atoms with Crippen LogP contribution >= 0.6 is 23.2 Å². The van der Waals surface area contributed by atoms with Crippen LogP contribution < -0.4 is 4.74 Å². The zero-order valence-electron chi connectivity index (χ0n) is 15.5. The lowest BCUT2D eigenvalue weighted by atomic mass is 9.89. The molecule has 1 saturated heterocycles. The van der Waals surface area contributed by atoms with Gasteiger partial charge in [0.1, 0.15) is 5.75 Å². The van der Waals surface area contributed by atoms with E-state index in [1.54, 1.807) is 60.6 Å². The normalized spacial score (nSPS) is 15.0. The van der Waals surface area contributed by atoms with Crippen molar-refractivity contribution in [2.24, 2.45) is 5.92 Å². The number of rotatable bonds is 5. The SMILES string of the molecule is COc1ccc(C(=O)C2CCN(C(=O)/C=C/c3cc(Cl)ccc3Cl)CC2)cc1. The number of carbonyl (C=O) groups is 2. The Kier molecular flexibility index (Phi) is 6.76. The van der Waals surface area contributed by atoms with E-state index in [9.17, 15) is 9.59 Å². The maximum Gasteiger partial charge on any atom is 0.246 e. The lowest BCUT2D eigenvalue weighted by molar-refractivity contribution is -0.127. The zero-order valence-corrected chi connectivity index (χ0v) is 17.0. The zero-order chi connectivity index (χ0) is 20.1. The average molecular weight is 418 g/mol. The number of ether oxygens (including phenoxy) is 1. The molecule has 1 fully saturated rings. The van der Waals surface area contributed by atoms with E-state index >= 15 is 0 Å². The smallest absolute Gasteiger partial charge is 0.246 e. The number of nitrogens with zero attached hydrogens (tertiary/aromatic N) is 1. The molecule has 0 N–H and O–H groups in total. The van der Waals surface area contributed by atoms with Crippen LogP contribution in [0.1, 0.15) is 28.8 Å². The molecule has 1 amide bonds. The van der Waals surface area contributed by atoms with Gasteiger partial charge in [-0.05, 0) is 66.9 Å². The third-order valence-corrected chi connectivity index (χ3v) is 5.49. The number of benzene rings is 2. The molecule has 2 aromatic carbocycles. The second-order valence-electron chi connectivity index (χ2n) is 6.69. The molecule has 0 spiro atoms. The first-order valence-corrected chi connectivity index (χ1v) is 9.84. The summed E-state index contributed by atoms with van der Waals surface area (Å²) in [5.74, 6) is 0.690. The van der Waals surface area contributed by atoms with Gasteiger partial charge >= 0.3 is 0 Å². The molecule has 0 aromatic heterocycles. The Bertz CT molecular complexity index is 885. The van der Waals surface area contributed by atoms with Gasteiger partial charge < -0.3 is 9.64 Å². The maximum atomic E-state index is 12.7. The van der Waals surface area contributed by atoms with Crippen LogP contribution in [-0.4, -0.2) is 36.8 Å². The molecule has 6 heteroatoms. The van der Waals surface area contributed by atoms with Crippen molar-refractivity contribution in [1.29, 1.82) is 0 Å². The average Bonchev–Trinajstić information content (AvgIpc) is 2.73. The number of likely N-dealkylation sites (tertiary alicyclic amines) is 1. The minimum absolute atomic E-state index is 0.0659. The molecule has 0 bridgehead atoms. The molecule has 2 aromatic rings. The summed E-state index contributed by atoms with van der Waals surface area (Å²) in [7, 11) is 1.60. The molecule has 0 saturated carbocycles. The van der Waals surface area contributed by atoms with Crippen molar-refractivity contribution in [1.82, 2.24) is 4.90 Å². The maximum absolute atomic E-state index is 12.7. The predicted octanol–water partition coefficient (Wildman–Crippen LogP) is 5.14. The number of hydrogen-bond acceptors (Lipinski definition) is 3. The van der Waals surface area contributed by atoms with E-state index < -0.39 is 0 Å². The molecule has 1 heterocycles. The molecule has 1 aliphatic heterocycles. The van der Waals surface area contributed by atoms with E-state index in [2.05, 4.69) is 0 Å². The van der Waals surface area contributed by atoms with Gasteiger partial charge in [0.25, 0.3) is 0 Å². The topological polar surface area (TPSA) is 46.6 Å². The van der Waals surface area contributed by atoms with Crippen molar-refractivity contribution in [3.05, 3.63) is 69.7 Å². The van der Waals surface area contributed by atoms with Gasteiger partial charge in [-0.2, -0.15) is 0 Å². The molecule has 146 valence electrons. The molecule has 0 atom stereocenters. The van der Waals surface area contributed by atoms with E-state index in [-0.39, 0.29) is 17.6 Å². The first kappa shape index (κ1) is 20.4. The van der Waals surface area contributed by atoms with Crippen LogP contribution in [-0.2, 0) is 4.79 Å². The third-order valence-electron chi connectivity index (χ3n) is 4.92. The van der Waals surface area contributed by atoms with Crippen LogP contribution in [0.4, 0.5) is 0 Å². The monoisotopic (exact) mass is 417 g/mol. The van der Waals surface area contributed by atoms with Crippen LogP contribution in [0, 0.1) is 5.92 Å². The number of Topliss-reactive ketones (excluding diaryl/α,β-unsaturated/α-hetero) is 1. The number of ketones is 1. The number of carbonyl (C=O) groups excluding carboxylic acids is 2. The largest absolute Gasteiger partial charge is 0.497 e. The number of methoxy groups -OCH3 is 1. The van der Waals surface area contributed by atoms with E-state index in [4.69, 9.17) is 27.9 Å². The van der Waals surface area contributed by atoms with Gasteiger partial charge in [0.2, 0.25) is 5.91 Å². The molecular formula is C22H21Cl2NO3. The molecule has 3 rings (SSSR count). The highest BCUT2D eigenvalue weighted by molar-refractivity contribution is 6.34. The van der Waals surface area contributed by atoms with Crippen molar-refractivity contribution in [2.45, 2.75) is 12.8 Å². The number of hydrogen-bond donors (Lipinski definition) is 0. The van der Waals surface area contributed by atoms with Crippen molar-refractivity contribution >= 4 is 41.0 Å². The Balaban J connectivity index is 1.56. The summed E-state index contributed by atoms with van der Waals surface area (Å²) in [4.78, 5) is 26.9. The summed E-state index contributed by atoms with van der Waals surface area (Å²) >= 11 is 12.1. The summed E-state index contributed by atoms with van der Waals surface area (Å²) in [5.41, 5.74) is 1.38. The Hall–Kier alpha value is -2.30. The highest BCUT2D eigenvalue weighted by Crippen LogP contribution is 2.24. The Labute approximate surface area is 174 Å². The minimum Gasteiger partial charge on any atom is -0.497 e. The Morgan fingerprint density at radius 2 is 1.75 bits per heavy atom. The number of piperidine rings is 1. The predicted molar refractivity (Wildman–Crippen MR) is 112 cm³/mol. The quantitative estimate of drug-likeness (QED) is 0.499. The van der Waals surface area contributed by atoms with Crippen LogP contribution in [0.2, 0.25) is 10.0 Å². The fraction of sp³-hybridized carbons (Fsp3) is 0.273. The van der Waals surface area contributed by atoms with Gasteiger partial charge in [-0.1, -0.05) is 23.2 Å². The van der Waals surface area contributed by atoms with Gasteiger partial charge in [-0.15, -0.1) is 0 Å². The second-order valence-corrected chi connectivity index (χ2v) is 7.54. The summed E-state index contributed by atoms with van der Waals surface area (Å²) < 4.78 is 5.13. The van der Waals surface area contributed by atoms with Crippen molar-refractivity contribution in [3.8, 4) is 5.75 Å². The van der Waals surface area contributed by atoms with Gasteiger partial charge in [-0.25, -0.2) is 0 Å². The molecule has 0 aliphatic carbocycles. The molecule has 4 nitrogen and oxygen atoms in total.